The van der Waals surface area contributed by atoms with E-state index >= 15 is 0 Å². The molecule has 2 rings (SSSR count). The molecule has 4 nitrogen and oxygen atoms in total. The van der Waals surface area contributed by atoms with E-state index < -0.39 is 0 Å². The highest BCUT2D eigenvalue weighted by atomic mass is 32.1. The maximum atomic E-state index is 5.69. The number of nitrogens with zero attached hydrogens (tertiary/aromatic N) is 1. The fraction of sp³-hybridized carbons (Fsp3) is 0.357. The summed E-state index contributed by atoms with van der Waals surface area (Å²) in [5.41, 5.74) is 7.70. The molecule has 1 heterocycles. The number of ether oxygens (including phenoxy) is 2. The Bertz CT molecular complexity index is 567. The van der Waals surface area contributed by atoms with Gasteiger partial charge in [-0.25, -0.2) is 4.98 Å². The Labute approximate surface area is 117 Å². The molecule has 0 amide bonds. The summed E-state index contributed by atoms with van der Waals surface area (Å²) in [5, 5.41) is 0.958. The van der Waals surface area contributed by atoms with Gasteiger partial charge >= 0.3 is 0 Å². The Morgan fingerprint density at radius 1 is 1.32 bits per heavy atom. The lowest BCUT2D eigenvalue weighted by atomic mass is 10.2. The van der Waals surface area contributed by atoms with Gasteiger partial charge in [0.05, 0.1) is 19.4 Å². The molecular weight excluding hydrogens is 260 g/mol. The zero-order chi connectivity index (χ0) is 13.8. The molecule has 0 bridgehead atoms. The zero-order valence-corrected chi connectivity index (χ0v) is 12.2. The zero-order valence-electron chi connectivity index (χ0n) is 11.4. The Kier molecular flexibility index (Phi) is 4.39. The summed E-state index contributed by atoms with van der Waals surface area (Å²) >= 11 is 1.62. The van der Waals surface area contributed by atoms with Crippen molar-refractivity contribution in [2.75, 3.05) is 13.7 Å². The smallest absolute Gasteiger partial charge is 0.161 e. The van der Waals surface area contributed by atoms with Crippen LogP contribution >= 0.6 is 11.3 Å². The van der Waals surface area contributed by atoms with Crippen molar-refractivity contribution in [1.29, 1.82) is 0 Å². The second-order valence-electron chi connectivity index (χ2n) is 4.03. The van der Waals surface area contributed by atoms with Crippen molar-refractivity contribution in [3.8, 4) is 22.1 Å². The highest BCUT2D eigenvalue weighted by Gasteiger charge is 2.11. The summed E-state index contributed by atoms with van der Waals surface area (Å²) in [4.78, 5) is 5.66. The highest BCUT2D eigenvalue weighted by Crippen LogP contribution is 2.34. The van der Waals surface area contributed by atoms with Crippen LogP contribution in [0.4, 0.5) is 0 Å². The van der Waals surface area contributed by atoms with Crippen LogP contribution < -0.4 is 15.2 Å². The largest absolute Gasteiger partial charge is 0.493 e. The van der Waals surface area contributed by atoms with Gasteiger partial charge in [0.25, 0.3) is 0 Å². The molecule has 2 N–H and O–H groups in total. The molecule has 0 saturated carbocycles. The van der Waals surface area contributed by atoms with Crippen molar-refractivity contribution in [3.63, 3.8) is 0 Å². The van der Waals surface area contributed by atoms with Crippen LogP contribution in [0.2, 0.25) is 0 Å². The average Bonchev–Trinajstić information content (AvgIpc) is 2.80. The van der Waals surface area contributed by atoms with Crippen molar-refractivity contribution < 1.29 is 9.47 Å². The normalized spacial score (nSPS) is 10.5. The van der Waals surface area contributed by atoms with E-state index in [0.29, 0.717) is 13.2 Å². The minimum Gasteiger partial charge on any atom is -0.493 e. The fourth-order valence-electron chi connectivity index (χ4n) is 1.82. The number of aryl methyl sites for hydroxylation is 1. The number of hydrogen-bond donors (Lipinski definition) is 1. The van der Waals surface area contributed by atoms with Gasteiger partial charge in [0.1, 0.15) is 5.01 Å². The lowest BCUT2D eigenvalue weighted by Gasteiger charge is -2.09. The van der Waals surface area contributed by atoms with E-state index in [1.165, 1.54) is 0 Å². The third-order valence-corrected chi connectivity index (χ3v) is 4.02. The molecule has 0 aliphatic carbocycles. The molecular formula is C14H18N2O2S. The van der Waals surface area contributed by atoms with Gasteiger partial charge in [-0.15, -0.1) is 11.3 Å². The number of methoxy groups -OCH3 is 1. The van der Waals surface area contributed by atoms with Gasteiger partial charge in [-0.2, -0.15) is 0 Å². The monoisotopic (exact) mass is 278 g/mol. The second kappa shape index (κ2) is 6.04. The molecule has 1 aromatic heterocycles. The molecule has 0 aliphatic heterocycles. The second-order valence-corrected chi connectivity index (χ2v) is 5.11. The number of rotatable bonds is 5. The van der Waals surface area contributed by atoms with Gasteiger partial charge in [0.15, 0.2) is 11.5 Å². The summed E-state index contributed by atoms with van der Waals surface area (Å²) in [6.45, 7) is 5.07. The Balaban J connectivity index is 2.39. The molecule has 0 spiro atoms. The average molecular weight is 278 g/mol. The number of nitrogens with two attached hydrogens (primary N) is 1. The van der Waals surface area contributed by atoms with Gasteiger partial charge in [0, 0.05) is 17.0 Å². The summed E-state index contributed by atoms with van der Waals surface area (Å²) in [7, 11) is 1.64. The van der Waals surface area contributed by atoms with Crippen LogP contribution in [0, 0.1) is 6.92 Å². The number of benzene rings is 1. The molecule has 0 atom stereocenters. The Morgan fingerprint density at radius 2 is 2.11 bits per heavy atom. The Morgan fingerprint density at radius 3 is 2.68 bits per heavy atom. The molecule has 102 valence electrons. The van der Waals surface area contributed by atoms with E-state index in [0.717, 1.165) is 32.6 Å². The van der Waals surface area contributed by atoms with Gasteiger partial charge in [-0.05, 0) is 32.0 Å². The molecule has 0 unspecified atom stereocenters. The van der Waals surface area contributed by atoms with E-state index in [1.54, 1.807) is 18.4 Å². The quantitative estimate of drug-likeness (QED) is 0.913. The third-order valence-electron chi connectivity index (χ3n) is 2.79. The van der Waals surface area contributed by atoms with E-state index in [-0.39, 0.29) is 0 Å². The van der Waals surface area contributed by atoms with Crippen LogP contribution in [0.3, 0.4) is 0 Å². The van der Waals surface area contributed by atoms with E-state index in [4.69, 9.17) is 15.2 Å². The highest BCUT2D eigenvalue weighted by molar-refractivity contribution is 7.15. The van der Waals surface area contributed by atoms with E-state index in [2.05, 4.69) is 4.98 Å². The molecule has 0 fully saturated rings. The SMILES string of the molecule is CCOc1ccc(-c2nc(C)c(CN)s2)cc1OC. The predicted octanol–water partition coefficient (Wildman–Crippen LogP) is 2.98. The maximum Gasteiger partial charge on any atom is 0.161 e. The minimum absolute atomic E-state index is 0.525. The van der Waals surface area contributed by atoms with Gasteiger partial charge in [0.2, 0.25) is 0 Å². The van der Waals surface area contributed by atoms with Crippen LogP contribution in [0.25, 0.3) is 10.6 Å². The van der Waals surface area contributed by atoms with Crippen LogP contribution in [-0.2, 0) is 6.54 Å². The number of hydrogen-bond acceptors (Lipinski definition) is 5. The third kappa shape index (κ3) is 2.88. The van der Waals surface area contributed by atoms with Gasteiger partial charge < -0.3 is 15.2 Å². The van der Waals surface area contributed by atoms with Crippen LogP contribution in [-0.4, -0.2) is 18.7 Å². The Hall–Kier alpha value is -1.59. The van der Waals surface area contributed by atoms with Crippen molar-refractivity contribution in [3.05, 3.63) is 28.8 Å². The van der Waals surface area contributed by atoms with E-state index in [9.17, 15) is 0 Å². The summed E-state index contributed by atoms with van der Waals surface area (Å²) in [5.74, 6) is 1.47. The van der Waals surface area contributed by atoms with E-state index in [1.807, 2.05) is 32.0 Å². The fourth-order valence-corrected chi connectivity index (χ4v) is 2.75. The first kappa shape index (κ1) is 13.8. The maximum absolute atomic E-state index is 5.69. The molecule has 0 saturated heterocycles. The van der Waals surface area contributed by atoms with Crippen LogP contribution in [0.15, 0.2) is 18.2 Å². The molecule has 19 heavy (non-hydrogen) atoms. The summed E-state index contributed by atoms with van der Waals surface area (Å²) in [6.07, 6.45) is 0. The first-order valence-electron chi connectivity index (χ1n) is 6.17. The standard InChI is InChI=1S/C14H18N2O2S/c1-4-18-11-6-5-10(7-12(11)17-3)14-16-9(2)13(8-15)19-14/h5-7H,4,8,15H2,1-3H3. The predicted molar refractivity (Wildman–Crippen MR) is 77.9 cm³/mol. The van der Waals surface area contributed by atoms with Crippen LogP contribution in [0.5, 0.6) is 11.5 Å². The lowest BCUT2D eigenvalue weighted by Crippen LogP contribution is -1.95. The van der Waals surface area contributed by atoms with Crippen molar-refractivity contribution in [1.82, 2.24) is 4.98 Å². The molecule has 0 aliphatic rings. The summed E-state index contributed by atoms with van der Waals surface area (Å²) in [6, 6.07) is 5.85. The lowest BCUT2D eigenvalue weighted by molar-refractivity contribution is 0.311. The van der Waals surface area contributed by atoms with Crippen LogP contribution in [0.1, 0.15) is 17.5 Å². The number of aromatic nitrogens is 1. The number of thiazole rings is 1. The first-order valence-corrected chi connectivity index (χ1v) is 6.98. The molecule has 1 aromatic carbocycles. The van der Waals surface area contributed by atoms with Gasteiger partial charge in [-0.1, -0.05) is 0 Å². The molecule has 2 aromatic rings. The van der Waals surface area contributed by atoms with Crippen molar-refractivity contribution >= 4 is 11.3 Å². The topological polar surface area (TPSA) is 57.4 Å². The molecule has 0 radical (unpaired) electrons. The minimum atomic E-state index is 0.525. The molecule has 5 heteroatoms. The van der Waals surface area contributed by atoms with Gasteiger partial charge in [-0.3, -0.25) is 0 Å². The van der Waals surface area contributed by atoms with Crippen molar-refractivity contribution in [2.24, 2.45) is 5.73 Å². The summed E-state index contributed by atoms with van der Waals surface area (Å²) < 4.78 is 10.9. The first-order chi connectivity index (χ1) is 9.19. The van der Waals surface area contributed by atoms with Crippen molar-refractivity contribution in [2.45, 2.75) is 20.4 Å².